The summed E-state index contributed by atoms with van der Waals surface area (Å²) in [6, 6.07) is 4.51. The van der Waals surface area contributed by atoms with E-state index in [1.165, 1.54) is 17.6 Å². The molecule has 0 radical (unpaired) electrons. The first kappa shape index (κ1) is 10.3. The number of rotatable bonds is 1. The van der Waals surface area contributed by atoms with Crippen LogP contribution in [-0.2, 0) is 0 Å². The third-order valence-electron chi connectivity index (χ3n) is 1.56. The van der Waals surface area contributed by atoms with Gasteiger partial charge in [-0.05, 0) is 29.7 Å². The van der Waals surface area contributed by atoms with Crippen molar-refractivity contribution in [2.75, 3.05) is 0 Å². The minimum atomic E-state index is -0.370. The van der Waals surface area contributed by atoms with E-state index in [2.05, 4.69) is 9.36 Å². The fourth-order valence-corrected chi connectivity index (χ4v) is 2.43. The molecule has 2 aromatic rings. The topological polar surface area (TPSA) is 25.8 Å². The zero-order chi connectivity index (χ0) is 10.1. The first-order valence-corrected chi connectivity index (χ1v) is 5.84. The van der Waals surface area contributed by atoms with E-state index >= 15 is 0 Å². The number of benzene rings is 1. The Bertz CT molecular complexity index is 474. The van der Waals surface area contributed by atoms with Crippen LogP contribution in [-0.4, -0.2) is 9.36 Å². The molecule has 1 aromatic heterocycles. The van der Waals surface area contributed by atoms with Crippen LogP contribution in [0.2, 0.25) is 5.02 Å². The van der Waals surface area contributed by atoms with Crippen molar-refractivity contribution in [3.05, 3.63) is 32.9 Å². The molecule has 0 saturated carbocycles. The maximum absolute atomic E-state index is 13.4. The molecule has 0 amide bonds. The minimum absolute atomic E-state index is 0.370. The fraction of sp³-hybridized carbons (Fsp3) is 0. The number of hydrogen-bond acceptors (Lipinski definition) is 3. The van der Waals surface area contributed by atoms with Crippen molar-refractivity contribution in [1.82, 2.24) is 9.36 Å². The molecule has 0 spiro atoms. The molecule has 72 valence electrons. The quantitative estimate of drug-likeness (QED) is 0.741. The predicted octanol–water partition coefficient (Wildman–Crippen LogP) is 3.60. The third kappa shape index (κ3) is 2.04. The summed E-state index contributed by atoms with van der Waals surface area (Å²) in [4.78, 5) is 4.08. The summed E-state index contributed by atoms with van der Waals surface area (Å²) < 4.78 is 18.0. The van der Waals surface area contributed by atoms with Gasteiger partial charge in [0.1, 0.15) is 10.8 Å². The molecule has 0 unspecified atom stereocenters. The molecule has 0 bridgehead atoms. The zero-order valence-electron chi connectivity index (χ0n) is 6.67. The van der Waals surface area contributed by atoms with Gasteiger partial charge in [-0.2, -0.15) is 4.37 Å². The van der Waals surface area contributed by atoms with Gasteiger partial charge in [-0.15, -0.1) is 0 Å². The van der Waals surface area contributed by atoms with E-state index < -0.39 is 0 Å². The van der Waals surface area contributed by atoms with Crippen molar-refractivity contribution < 1.29 is 4.39 Å². The Morgan fingerprint density at radius 1 is 1.43 bits per heavy atom. The van der Waals surface area contributed by atoms with Crippen LogP contribution in [0.1, 0.15) is 0 Å². The molecule has 2 nitrogen and oxygen atoms in total. The number of halogens is 3. The van der Waals surface area contributed by atoms with Crippen molar-refractivity contribution in [2.45, 2.75) is 0 Å². The molecule has 0 N–H and O–H groups in total. The van der Waals surface area contributed by atoms with Crippen molar-refractivity contribution in [2.24, 2.45) is 0 Å². The maximum atomic E-state index is 13.4. The van der Waals surface area contributed by atoms with Crippen LogP contribution < -0.4 is 0 Å². The standard InChI is InChI=1S/C8H3ClFIN2S/c9-4-1-2-5(6(10)3-4)7-12-8(11)13-14-7/h1-3H. The molecule has 1 aromatic carbocycles. The largest absolute Gasteiger partial charge is 0.209 e. The van der Waals surface area contributed by atoms with Gasteiger partial charge in [0.2, 0.25) is 3.83 Å². The van der Waals surface area contributed by atoms with Crippen LogP contribution in [0.4, 0.5) is 4.39 Å². The van der Waals surface area contributed by atoms with Crippen LogP contribution >= 0.6 is 45.7 Å². The molecule has 1 heterocycles. The molecule has 0 saturated heterocycles. The normalized spacial score (nSPS) is 10.5. The lowest BCUT2D eigenvalue weighted by Gasteiger charge is -1.97. The van der Waals surface area contributed by atoms with Crippen LogP contribution in [0.3, 0.4) is 0 Å². The molecule has 0 atom stereocenters. The molecule has 0 aliphatic carbocycles. The first-order chi connectivity index (χ1) is 6.66. The fourth-order valence-electron chi connectivity index (χ4n) is 0.978. The summed E-state index contributed by atoms with van der Waals surface area (Å²) in [6.07, 6.45) is 0. The summed E-state index contributed by atoms with van der Waals surface area (Å²) in [5, 5.41) is 0.953. The number of hydrogen-bond donors (Lipinski definition) is 0. The molecule has 0 fully saturated rings. The monoisotopic (exact) mass is 340 g/mol. The van der Waals surface area contributed by atoms with E-state index in [0.29, 0.717) is 19.4 Å². The minimum Gasteiger partial charge on any atom is -0.209 e. The van der Waals surface area contributed by atoms with E-state index in [0.717, 1.165) is 0 Å². The zero-order valence-corrected chi connectivity index (χ0v) is 10.4. The van der Waals surface area contributed by atoms with Gasteiger partial charge in [-0.1, -0.05) is 11.6 Å². The van der Waals surface area contributed by atoms with Crippen LogP contribution in [0.15, 0.2) is 18.2 Å². The Morgan fingerprint density at radius 3 is 2.79 bits per heavy atom. The Labute approximate surface area is 102 Å². The van der Waals surface area contributed by atoms with Gasteiger partial charge in [0.15, 0.2) is 0 Å². The Morgan fingerprint density at radius 2 is 2.21 bits per heavy atom. The molecule has 14 heavy (non-hydrogen) atoms. The van der Waals surface area contributed by atoms with Gasteiger partial charge in [0.25, 0.3) is 0 Å². The van der Waals surface area contributed by atoms with Crippen LogP contribution in [0.25, 0.3) is 10.6 Å². The smallest absolute Gasteiger partial charge is 0.203 e. The van der Waals surface area contributed by atoms with Gasteiger partial charge in [-0.25, -0.2) is 9.37 Å². The second kappa shape index (κ2) is 4.08. The second-order valence-corrected chi connectivity index (χ2v) is 4.65. The molecule has 2 rings (SSSR count). The van der Waals surface area contributed by atoms with Crippen molar-refractivity contribution in [3.63, 3.8) is 0 Å². The summed E-state index contributed by atoms with van der Waals surface area (Å²) in [5.74, 6) is -0.370. The van der Waals surface area contributed by atoms with Crippen LogP contribution in [0.5, 0.6) is 0 Å². The third-order valence-corrected chi connectivity index (χ3v) is 3.36. The highest BCUT2D eigenvalue weighted by Gasteiger charge is 2.09. The molecule has 6 heteroatoms. The second-order valence-electron chi connectivity index (χ2n) is 2.49. The highest BCUT2D eigenvalue weighted by atomic mass is 127. The predicted molar refractivity (Wildman–Crippen MR) is 63.0 cm³/mol. The summed E-state index contributed by atoms with van der Waals surface area (Å²) in [7, 11) is 0. The number of nitrogens with zero attached hydrogens (tertiary/aromatic N) is 2. The molecule has 0 aliphatic rings. The Balaban J connectivity index is 2.52. The van der Waals surface area contributed by atoms with Gasteiger partial charge in [0, 0.05) is 33.2 Å². The van der Waals surface area contributed by atoms with Crippen molar-refractivity contribution in [1.29, 1.82) is 0 Å². The van der Waals surface area contributed by atoms with Gasteiger partial charge >= 0.3 is 0 Å². The Kier molecular flexibility index (Phi) is 2.99. The maximum Gasteiger partial charge on any atom is 0.203 e. The Hall–Kier alpha value is -0.270. The van der Waals surface area contributed by atoms with Crippen LogP contribution in [0, 0.1) is 9.65 Å². The molecular weight excluding hydrogens is 338 g/mol. The summed E-state index contributed by atoms with van der Waals surface area (Å²) in [5.41, 5.74) is 0.440. The lowest BCUT2D eigenvalue weighted by Crippen LogP contribution is -1.83. The van der Waals surface area contributed by atoms with E-state index in [9.17, 15) is 4.39 Å². The summed E-state index contributed by atoms with van der Waals surface area (Å²) in [6.45, 7) is 0. The van der Waals surface area contributed by atoms with E-state index in [-0.39, 0.29) is 5.82 Å². The first-order valence-electron chi connectivity index (χ1n) is 3.61. The average molecular weight is 341 g/mol. The van der Waals surface area contributed by atoms with Crippen molar-refractivity contribution >= 4 is 45.7 Å². The molecular formula is C8H3ClFIN2S. The van der Waals surface area contributed by atoms with E-state index in [4.69, 9.17) is 11.6 Å². The number of aromatic nitrogens is 2. The highest BCUT2D eigenvalue weighted by molar-refractivity contribution is 14.1. The van der Waals surface area contributed by atoms with Crippen molar-refractivity contribution in [3.8, 4) is 10.6 Å². The van der Waals surface area contributed by atoms with E-state index in [1.807, 2.05) is 22.6 Å². The lowest BCUT2D eigenvalue weighted by molar-refractivity contribution is 0.631. The average Bonchev–Trinajstić information content (AvgIpc) is 2.51. The van der Waals surface area contributed by atoms with E-state index in [1.54, 1.807) is 12.1 Å². The van der Waals surface area contributed by atoms with Gasteiger partial charge < -0.3 is 0 Å². The van der Waals surface area contributed by atoms with Gasteiger partial charge in [0.05, 0.1) is 0 Å². The SMILES string of the molecule is Fc1cc(Cl)ccc1-c1nc(I)ns1. The molecule has 0 aliphatic heterocycles. The summed E-state index contributed by atoms with van der Waals surface area (Å²) >= 11 is 8.79. The van der Waals surface area contributed by atoms with Gasteiger partial charge in [-0.3, -0.25) is 0 Å². The lowest BCUT2D eigenvalue weighted by atomic mass is 10.2. The highest BCUT2D eigenvalue weighted by Crippen LogP contribution is 2.26.